The number of halogens is 1. The zero-order chi connectivity index (χ0) is 12.5. The third-order valence-corrected chi connectivity index (χ3v) is 4.26. The van der Waals surface area contributed by atoms with Gasteiger partial charge in [-0.1, -0.05) is 40.9 Å². The van der Waals surface area contributed by atoms with E-state index in [9.17, 15) is 0 Å². The minimum Gasteiger partial charge on any atom is -0.266 e. The summed E-state index contributed by atoms with van der Waals surface area (Å²) in [6.45, 7) is 2.16. The molecule has 0 amide bonds. The second-order valence-corrected chi connectivity index (χ2v) is 5.98. The minimum atomic E-state index is 0.620. The van der Waals surface area contributed by atoms with Crippen LogP contribution < -0.4 is 0 Å². The summed E-state index contributed by atoms with van der Waals surface area (Å²) in [5.41, 5.74) is 3.56. The van der Waals surface area contributed by atoms with Crippen LogP contribution in [0.25, 0.3) is 11.3 Å². The largest absolute Gasteiger partial charge is 0.266 e. The predicted molar refractivity (Wildman–Crippen MR) is 77.6 cm³/mol. The summed E-state index contributed by atoms with van der Waals surface area (Å²) in [4.78, 5) is 0. The molecule has 1 fully saturated rings. The summed E-state index contributed by atoms with van der Waals surface area (Å²) in [6, 6.07) is 11.2. The topological polar surface area (TPSA) is 17.8 Å². The van der Waals surface area contributed by atoms with Gasteiger partial charge in [0, 0.05) is 15.7 Å². The molecule has 2 aromatic rings. The Balaban J connectivity index is 1.94. The minimum absolute atomic E-state index is 0.620. The van der Waals surface area contributed by atoms with Crippen molar-refractivity contribution >= 4 is 15.9 Å². The fraction of sp³-hybridized carbons (Fsp3) is 0.400. The van der Waals surface area contributed by atoms with Crippen LogP contribution in [0.2, 0.25) is 0 Å². The first-order valence-electron chi connectivity index (χ1n) is 6.56. The molecule has 2 nitrogen and oxygen atoms in total. The fourth-order valence-electron chi connectivity index (χ4n) is 2.77. The fourth-order valence-corrected chi connectivity index (χ4v) is 3.03. The van der Waals surface area contributed by atoms with Gasteiger partial charge < -0.3 is 0 Å². The Labute approximate surface area is 116 Å². The van der Waals surface area contributed by atoms with Gasteiger partial charge in [0.05, 0.1) is 11.7 Å². The van der Waals surface area contributed by atoms with Crippen LogP contribution in [0, 0.1) is 6.92 Å². The van der Waals surface area contributed by atoms with E-state index < -0.39 is 0 Å². The molecule has 94 valence electrons. The van der Waals surface area contributed by atoms with E-state index in [2.05, 4.69) is 57.9 Å². The van der Waals surface area contributed by atoms with E-state index in [1.54, 1.807) is 0 Å². The van der Waals surface area contributed by atoms with E-state index in [0.717, 1.165) is 10.2 Å². The standard InChI is InChI=1S/C15H17BrN2/c1-11-10-15(12-6-8-13(16)9-7-12)17-18(11)14-4-2-3-5-14/h6-10,14H,2-5H2,1H3. The Kier molecular flexibility index (Phi) is 3.25. The Morgan fingerprint density at radius 3 is 2.50 bits per heavy atom. The molecule has 0 spiro atoms. The van der Waals surface area contributed by atoms with Crippen molar-refractivity contribution in [1.82, 2.24) is 9.78 Å². The van der Waals surface area contributed by atoms with E-state index in [1.807, 2.05) is 0 Å². The second-order valence-electron chi connectivity index (χ2n) is 5.06. The molecule has 0 aliphatic heterocycles. The highest BCUT2D eigenvalue weighted by atomic mass is 79.9. The van der Waals surface area contributed by atoms with Gasteiger partial charge in [-0.25, -0.2) is 0 Å². The molecule has 1 heterocycles. The molecule has 0 unspecified atom stereocenters. The Hall–Kier alpha value is -1.09. The molecule has 0 atom stereocenters. The zero-order valence-corrected chi connectivity index (χ0v) is 12.2. The number of aromatic nitrogens is 2. The summed E-state index contributed by atoms with van der Waals surface area (Å²) in [7, 11) is 0. The number of benzene rings is 1. The van der Waals surface area contributed by atoms with Crippen LogP contribution in [0.15, 0.2) is 34.8 Å². The Morgan fingerprint density at radius 2 is 1.83 bits per heavy atom. The third kappa shape index (κ3) is 2.24. The maximum absolute atomic E-state index is 4.79. The first-order chi connectivity index (χ1) is 8.74. The molecule has 0 radical (unpaired) electrons. The van der Waals surface area contributed by atoms with Crippen molar-refractivity contribution in [2.75, 3.05) is 0 Å². The molecule has 1 aromatic carbocycles. The van der Waals surface area contributed by atoms with Gasteiger partial charge in [0.2, 0.25) is 0 Å². The van der Waals surface area contributed by atoms with Gasteiger partial charge in [-0.2, -0.15) is 5.10 Å². The molecule has 1 saturated carbocycles. The van der Waals surface area contributed by atoms with Gasteiger partial charge in [-0.15, -0.1) is 0 Å². The summed E-state index contributed by atoms with van der Waals surface area (Å²) in [5.74, 6) is 0. The SMILES string of the molecule is Cc1cc(-c2ccc(Br)cc2)nn1C1CCCC1. The highest BCUT2D eigenvalue weighted by Gasteiger charge is 2.19. The van der Waals surface area contributed by atoms with Crippen LogP contribution in [0.1, 0.15) is 37.4 Å². The number of hydrogen-bond acceptors (Lipinski definition) is 1. The average molecular weight is 305 g/mol. The maximum Gasteiger partial charge on any atom is 0.0926 e. The van der Waals surface area contributed by atoms with Crippen LogP contribution in [0.3, 0.4) is 0 Å². The van der Waals surface area contributed by atoms with Crippen LogP contribution in [-0.2, 0) is 0 Å². The summed E-state index contributed by atoms with van der Waals surface area (Å²) in [5, 5.41) is 4.79. The van der Waals surface area contributed by atoms with Gasteiger partial charge in [-0.3, -0.25) is 4.68 Å². The number of rotatable bonds is 2. The van der Waals surface area contributed by atoms with E-state index in [4.69, 9.17) is 5.10 Å². The van der Waals surface area contributed by atoms with Crippen molar-refractivity contribution in [3.63, 3.8) is 0 Å². The highest BCUT2D eigenvalue weighted by Crippen LogP contribution is 2.31. The average Bonchev–Trinajstić information content (AvgIpc) is 2.99. The van der Waals surface area contributed by atoms with Crippen molar-refractivity contribution in [1.29, 1.82) is 0 Å². The van der Waals surface area contributed by atoms with Crippen LogP contribution in [0.5, 0.6) is 0 Å². The molecule has 1 aliphatic carbocycles. The van der Waals surface area contributed by atoms with E-state index in [0.29, 0.717) is 6.04 Å². The van der Waals surface area contributed by atoms with Gasteiger partial charge in [-0.05, 0) is 38.0 Å². The number of nitrogens with zero attached hydrogens (tertiary/aromatic N) is 2. The Bertz CT molecular complexity index is 536. The summed E-state index contributed by atoms with van der Waals surface area (Å²) < 4.78 is 3.34. The first-order valence-corrected chi connectivity index (χ1v) is 7.35. The summed E-state index contributed by atoms with van der Waals surface area (Å²) >= 11 is 3.47. The van der Waals surface area contributed by atoms with E-state index >= 15 is 0 Å². The molecular weight excluding hydrogens is 288 g/mol. The molecule has 1 aliphatic rings. The number of aryl methyl sites for hydroxylation is 1. The lowest BCUT2D eigenvalue weighted by Crippen LogP contribution is -2.08. The van der Waals surface area contributed by atoms with Gasteiger partial charge in [0.15, 0.2) is 0 Å². The smallest absolute Gasteiger partial charge is 0.0926 e. The Morgan fingerprint density at radius 1 is 1.17 bits per heavy atom. The second kappa shape index (κ2) is 4.88. The molecule has 0 N–H and O–H groups in total. The predicted octanol–water partition coefficient (Wildman–Crippen LogP) is 4.74. The zero-order valence-electron chi connectivity index (χ0n) is 10.6. The van der Waals surface area contributed by atoms with Crippen LogP contribution in [0.4, 0.5) is 0 Å². The monoisotopic (exact) mass is 304 g/mol. The lowest BCUT2D eigenvalue weighted by molar-refractivity contribution is 0.458. The van der Waals surface area contributed by atoms with E-state index in [-0.39, 0.29) is 0 Å². The molecule has 1 aromatic heterocycles. The third-order valence-electron chi connectivity index (χ3n) is 3.73. The summed E-state index contributed by atoms with van der Waals surface area (Å²) in [6.07, 6.45) is 5.25. The lowest BCUT2D eigenvalue weighted by Gasteiger charge is -2.11. The van der Waals surface area contributed by atoms with Crippen molar-refractivity contribution < 1.29 is 0 Å². The van der Waals surface area contributed by atoms with Crippen molar-refractivity contribution in [3.8, 4) is 11.3 Å². The molecule has 0 bridgehead atoms. The molecular formula is C15H17BrN2. The van der Waals surface area contributed by atoms with Crippen molar-refractivity contribution in [2.24, 2.45) is 0 Å². The first kappa shape index (κ1) is 12.0. The molecule has 0 saturated heterocycles. The highest BCUT2D eigenvalue weighted by molar-refractivity contribution is 9.10. The quantitative estimate of drug-likeness (QED) is 0.784. The van der Waals surface area contributed by atoms with E-state index in [1.165, 1.54) is 36.9 Å². The van der Waals surface area contributed by atoms with Gasteiger partial charge in [0.25, 0.3) is 0 Å². The van der Waals surface area contributed by atoms with Gasteiger partial charge in [0.1, 0.15) is 0 Å². The molecule has 18 heavy (non-hydrogen) atoms. The van der Waals surface area contributed by atoms with Crippen LogP contribution in [-0.4, -0.2) is 9.78 Å². The normalized spacial score (nSPS) is 16.3. The number of hydrogen-bond donors (Lipinski definition) is 0. The lowest BCUT2D eigenvalue weighted by atomic mass is 10.1. The van der Waals surface area contributed by atoms with Crippen molar-refractivity contribution in [3.05, 3.63) is 40.5 Å². The molecule has 3 heteroatoms. The maximum atomic E-state index is 4.79. The van der Waals surface area contributed by atoms with Gasteiger partial charge >= 0.3 is 0 Å². The van der Waals surface area contributed by atoms with Crippen molar-refractivity contribution in [2.45, 2.75) is 38.6 Å². The van der Waals surface area contributed by atoms with Crippen LogP contribution >= 0.6 is 15.9 Å². The molecule has 3 rings (SSSR count).